The lowest BCUT2D eigenvalue weighted by Gasteiger charge is -2.25. The predicted octanol–water partition coefficient (Wildman–Crippen LogP) is 7.67. The van der Waals surface area contributed by atoms with Gasteiger partial charge in [-0.25, -0.2) is 9.18 Å². The van der Waals surface area contributed by atoms with Crippen molar-refractivity contribution in [3.05, 3.63) is 148 Å². The van der Waals surface area contributed by atoms with Crippen LogP contribution in [0.3, 0.4) is 0 Å². The topological polar surface area (TPSA) is 66.8 Å². The standard InChI is InChI=1S/C35H28FNO4S2/c36-29-8-4-7-27(19-29)23-41-30-16-14-28(15-17-30)33(38)18-13-24-9-11-26(12-10-24)20-31-22-37(35(42)43-31)32(34(39)40)21-25-5-2-1-3-6-25/h1-20,32H,21-23H2,(H,39,40)/b18-13+,31-20?. The van der Waals surface area contributed by atoms with Crippen molar-refractivity contribution in [3.63, 3.8) is 0 Å². The van der Waals surface area contributed by atoms with Gasteiger partial charge in [-0.05, 0) is 70.8 Å². The van der Waals surface area contributed by atoms with Crippen molar-refractivity contribution in [3.8, 4) is 5.75 Å². The van der Waals surface area contributed by atoms with Crippen LogP contribution in [0.4, 0.5) is 4.39 Å². The molecule has 1 aliphatic rings. The molecule has 1 heterocycles. The molecule has 0 spiro atoms. The Morgan fingerprint density at radius 3 is 2.33 bits per heavy atom. The number of hydrogen-bond acceptors (Lipinski definition) is 5. The first-order chi connectivity index (χ1) is 20.8. The molecule has 0 amide bonds. The maximum atomic E-state index is 13.3. The minimum Gasteiger partial charge on any atom is -0.489 e. The zero-order valence-corrected chi connectivity index (χ0v) is 24.7. The van der Waals surface area contributed by atoms with Gasteiger partial charge >= 0.3 is 5.97 Å². The highest BCUT2D eigenvalue weighted by molar-refractivity contribution is 8.25. The normalized spacial score (nSPS) is 14.8. The van der Waals surface area contributed by atoms with E-state index in [-0.39, 0.29) is 18.2 Å². The molecule has 5 nitrogen and oxygen atoms in total. The number of allylic oxidation sites excluding steroid dienone is 1. The van der Waals surface area contributed by atoms with E-state index in [1.54, 1.807) is 47.4 Å². The summed E-state index contributed by atoms with van der Waals surface area (Å²) in [7, 11) is 0. The van der Waals surface area contributed by atoms with Crippen LogP contribution in [0.15, 0.2) is 114 Å². The van der Waals surface area contributed by atoms with E-state index in [2.05, 4.69) is 0 Å². The van der Waals surface area contributed by atoms with Crippen molar-refractivity contribution in [2.75, 3.05) is 6.54 Å². The van der Waals surface area contributed by atoms with Crippen LogP contribution in [-0.2, 0) is 17.8 Å². The average molecular weight is 610 g/mol. The molecule has 0 radical (unpaired) electrons. The average Bonchev–Trinajstić information content (AvgIpc) is 3.38. The van der Waals surface area contributed by atoms with Gasteiger partial charge in [-0.15, -0.1) is 0 Å². The third-order valence-electron chi connectivity index (χ3n) is 6.84. The van der Waals surface area contributed by atoms with Crippen LogP contribution in [0.25, 0.3) is 12.2 Å². The van der Waals surface area contributed by atoms with Gasteiger partial charge in [0.25, 0.3) is 0 Å². The van der Waals surface area contributed by atoms with Crippen LogP contribution in [0.2, 0.25) is 0 Å². The Balaban J connectivity index is 1.16. The smallest absolute Gasteiger partial charge is 0.326 e. The van der Waals surface area contributed by atoms with Gasteiger partial charge in [-0.1, -0.05) is 96.8 Å². The summed E-state index contributed by atoms with van der Waals surface area (Å²) in [6, 6.07) is 29.6. The lowest BCUT2D eigenvalue weighted by molar-refractivity contribution is -0.141. The van der Waals surface area contributed by atoms with Gasteiger partial charge in [-0.3, -0.25) is 4.79 Å². The van der Waals surface area contributed by atoms with E-state index in [1.807, 2.05) is 60.7 Å². The summed E-state index contributed by atoms with van der Waals surface area (Å²) >= 11 is 6.95. The first kappa shape index (κ1) is 29.9. The predicted molar refractivity (Wildman–Crippen MR) is 173 cm³/mol. The summed E-state index contributed by atoms with van der Waals surface area (Å²) in [6.45, 7) is 0.677. The Kier molecular flexibility index (Phi) is 9.81. The molecule has 5 rings (SSSR count). The largest absolute Gasteiger partial charge is 0.489 e. The fourth-order valence-electron chi connectivity index (χ4n) is 4.58. The van der Waals surface area contributed by atoms with Crippen LogP contribution in [0.1, 0.15) is 32.6 Å². The number of halogens is 1. The molecule has 4 aromatic carbocycles. The molecule has 1 aliphatic heterocycles. The summed E-state index contributed by atoms with van der Waals surface area (Å²) in [5.41, 5.74) is 4.03. The van der Waals surface area contributed by atoms with Crippen LogP contribution >= 0.6 is 24.0 Å². The van der Waals surface area contributed by atoms with Gasteiger partial charge in [0, 0.05) is 16.9 Å². The zero-order valence-electron chi connectivity index (χ0n) is 23.1. The number of carboxylic acids is 1. The Morgan fingerprint density at radius 2 is 1.63 bits per heavy atom. The molecule has 43 heavy (non-hydrogen) atoms. The molecule has 1 N–H and O–H groups in total. The third-order valence-corrected chi connectivity index (χ3v) is 8.24. The molecule has 0 saturated carbocycles. The van der Waals surface area contributed by atoms with Crippen molar-refractivity contribution in [2.45, 2.75) is 19.1 Å². The second-order valence-electron chi connectivity index (χ2n) is 9.96. The van der Waals surface area contributed by atoms with Gasteiger partial charge in [0.15, 0.2) is 5.78 Å². The zero-order chi connectivity index (χ0) is 30.2. The molecule has 1 fully saturated rings. The number of thiocarbonyl (C=S) groups is 1. The molecule has 1 atom stereocenters. The number of carbonyl (C=O) groups excluding carboxylic acids is 1. The van der Waals surface area contributed by atoms with E-state index in [1.165, 1.54) is 30.0 Å². The first-order valence-corrected chi connectivity index (χ1v) is 14.8. The SMILES string of the molecule is O=C(/C=C/c1ccc(C=C2CN(C(Cc3ccccc3)C(=O)O)C(=S)S2)cc1)c1ccc(OCc2cccc(F)c2)cc1. The highest BCUT2D eigenvalue weighted by Gasteiger charge is 2.33. The maximum absolute atomic E-state index is 13.3. The van der Waals surface area contributed by atoms with Crippen molar-refractivity contribution >= 4 is 52.2 Å². The summed E-state index contributed by atoms with van der Waals surface area (Å²) in [5, 5.41) is 9.89. The van der Waals surface area contributed by atoms with Crippen molar-refractivity contribution in [2.24, 2.45) is 0 Å². The van der Waals surface area contributed by atoms with Gasteiger partial charge in [0.05, 0.1) is 6.54 Å². The Hall–Kier alpha value is -4.53. The van der Waals surface area contributed by atoms with E-state index < -0.39 is 12.0 Å². The molecule has 216 valence electrons. The fourth-order valence-corrected chi connectivity index (χ4v) is 6.03. The van der Waals surface area contributed by atoms with Gasteiger partial charge < -0.3 is 14.7 Å². The minimum absolute atomic E-state index is 0.137. The maximum Gasteiger partial charge on any atom is 0.326 e. The van der Waals surface area contributed by atoms with Crippen molar-refractivity contribution in [1.82, 2.24) is 4.90 Å². The van der Waals surface area contributed by atoms with E-state index in [0.29, 0.717) is 28.6 Å². The number of carbonyl (C=O) groups is 2. The summed E-state index contributed by atoms with van der Waals surface area (Å²) in [4.78, 5) is 27.5. The molecule has 8 heteroatoms. The molecule has 0 bridgehead atoms. The molecule has 1 saturated heterocycles. The second kappa shape index (κ2) is 14.1. The van der Waals surface area contributed by atoms with Gasteiger partial charge in [0.1, 0.15) is 28.5 Å². The third kappa shape index (κ3) is 8.28. The summed E-state index contributed by atoms with van der Waals surface area (Å²) in [5.74, 6) is -0.755. The molecular weight excluding hydrogens is 582 g/mol. The van der Waals surface area contributed by atoms with Crippen molar-refractivity contribution in [1.29, 1.82) is 0 Å². The lowest BCUT2D eigenvalue weighted by Crippen LogP contribution is -2.42. The van der Waals surface area contributed by atoms with E-state index in [0.717, 1.165) is 27.2 Å². The molecule has 1 unspecified atom stereocenters. The Morgan fingerprint density at radius 1 is 0.930 bits per heavy atom. The number of benzene rings is 4. The molecular formula is C35H28FNO4S2. The monoisotopic (exact) mass is 609 g/mol. The highest BCUT2D eigenvalue weighted by Crippen LogP contribution is 2.33. The number of thioether (sulfide) groups is 1. The molecule has 0 aromatic heterocycles. The Labute approximate surface area is 259 Å². The molecule has 4 aromatic rings. The lowest BCUT2D eigenvalue weighted by atomic mass is 10.0. The van der Waals surface area contributed by atoms with E-state index >= 15 is 0 Å². The number of carboxylic acid groups (broad SMARTS) is 1. The number of rotatable bonds is 11. The van der Waals surface area contributed by atoms with Crippen molar-refractivity contribution < 1.29 is 23.8 Å². The number of ketones is 1. The van der Waals surface area contributed by atoms with Crippen LogP contribution < -0.4 is 4.74 Å². The summed E-state index contributed by atoms with van der Waals surface area (Å²) < 4.78 is 19.6. The van der Waals surface area contributed by atoms with Crippen LogP contribution in [-0.4, -0.2) is 38.7 Å². The second-order valence-corrected chi connectivity index (χ2v) is 11.7. The number of aliphatic carboxylic acids is 1. The number of hydrogen-bond donors (Lipinski definition) is 1. The van der Waals surface area contributed by atoms with E-state index in [4.69, 9.17) is 17.0 Å². The minimum atomic E-state index is -0.899. The van der Waals surface area contributed by atoms with Gasteiger partial charge in [-0.2, -0.15) is 0 Å². The molecule has 0 aliphatic carbocycles. The number of nitrogens with zero attached hydrogens (tertiary/aromatic N) is 1. The van der Waals surface area contributed by atoms with Gasteiger partial charge in [0.2, 0.25) is 0 Å². The number of ether oxygens (including phenoxy) is 1. The summed E-state index contributed by atoms with van der Waals surface area (Å²) in [6.07, 6.45) is 5.67. The highest BCUT2D eigenvalue weighted by atomic mass is 32.2. The quantitative estimate of drug-likeness (QED) is 0.106. The fraction of sp³-hybridized carbons (Fsp3) is 0.114. The van der Waals surface area contributed by atoms with E-state index in [9.17, 15) is 19.1 Å². The van der Waals surface area contributed by atoms with Crippen LogP contribution in [0, 0.1) is 5.82 Å². The van der Waals surface area contributed by atoms with Crippen LogP contribution in [0.5, 0.6) is 5.75 Å². The Bertz CT molecular complexity index is 1670. The first-order valence-electron chi connectivity index (χ1n) is 13.6.